The number of ether oxygens (including phenoxy) is 1. The summed E-state index contributed by atoms with van der Waals surface area (Å²) in [5.74, 6) is 0. The summed E-state index contributed by atoms with van der Waals surface area (Å²) in [5, 5.41) is 8.76. The van der Waals surface area contributed by atoms with Gasteiger partial charge in [0.1, 0.15) is 0 Å². The highest BCUT2D eigenvalue weighted by Gasteiger charge is 2.32. The van der Waals surface area contributed by atoms with Crippen LogP contribution >= 0.6 is 0 Å². The first-order valence-electron chi connectivity index (χ1n) is 3.20. The van der Waals surface area contributed by atoms with Crippen LogP contribution in [0.3, 0.4) is 0 Å². The van der Waals surface area contributed by atoms with Crippen molar-refractivity contribution in [1.29, 1.82) is 0 Å². The number of aliphatic hydroxyl groups excluding tert-OH is 1. The number of hydrogen-bond acceptors (Lipinski definition) is 2. The summed E-state index contributed by atoms with van der Waals surface area (Å²) in [5.41, 5.74) is -0.362. The van der Waals surface area contributed by atoms with Crippen LogP contribution in [0, 0.1) is 6.92 Å². The predicted molar refractivity (Wildman–Crippen MR) is 33.9 cm³/mol. The maximum atomic E-state index is 8.76. The maximum absolute atomic E-state index is 8.76. The average Bonchev–Trinajstić information content (AvgIpc) is 2.13. The van der Waals surface area contributed by atoms with Gasteiger partial charge in [-0.2, -0.15) is 0 Å². The van der Waals surface area contributed by atoms with Gasteiger partial charge in [-0.3, -0.25) is 0 Å². The molecule has 1 fully saturated rings. The third kappa shape index (κ3) is 1.43. The van der Waals surface area contributed by atoms with Gasteiger partial charge in [0, 0.05) is 0 Å². The van der Waals surface area contributed by atoms with Gasteiger partial charge in [-0.1, -0.05) is 0 Å². The standard InChI is InChI=1S/C7H12O2/c1-6-3-4-7(2,5-8)9-6/h1,6,8H,3-5H2,2H3/t6-,7-/m0/s1. The molecule has 0 aromatic heterocycles. The molecular weight excluding hydrogens is 116 g/mol. The van der Waals surface area contributed by atoms with Crippen molar-refractivity contribution in [2.45, 2.75) is 31.5 Å². The van der Waals surface area contributed by atoms with Gasteiger partial charge in [-0.25, -0.2) is 0 Å². The minimum absolute atomic E-state index is 0.0701. The van der Waals surface area contributed by atoms with Crippen LogP contribution in [-0.2, 0) is 4.74 Å². The molecule has 0 bridgehead atoms. The van der Waals surface area contributed by atoms with Crippen molar-refractivity contribution in [3.8, 4) is 0 Å². The van der Waals surface area contributed by atoms with E-state index >= 15 is 0 Å². The lowest BCUT2D eigenvalue weighted by Gasteiger charge is -2.20. The minimum Gasteiger partial charge on any atom is -0.393 e. The zero-order valence-electron chi connectivity index (χ0n) is 5.63. The molecule has 1 saturated heterocycles. The van der Waals surface area contributed by atoms with Gasteiger partial charge in [0.2, 0.25) is 0 Å². The molecule has 2 heteroatoms. The first kappa shape index (κ1) is 7.03. The Bertz CT molecular complexity index is 103. The van der Waals surface area contributed by atoms with Crippen molar-refractivity contribution < 1.29 is 9.84 Å². The van der Waals surface area contributed by atoms with Gasteiger partial charge in [-0.15, -0.1) is 0 Å². The van der Waals surface area contributed by atoms with E-state index in [1.807, 2.05) is 6.92 Å². The number of rotatable bonds is 1. The second-order valence-electron chi connectivity index (χ2n) is 2.80. The van der Waals surface area contributed by atoms with Crippen molar-refractivity contribution in [2.75, 3.05) is 6.61 Å². The fourth-order valence-electron chi connectivity index (χ4n) is 1.05. The average molecular weight is 128 g/mol. The highest BCUT2D eigenvalue weighted by molar-refractivity contribution is 4.84. The molecule has 2 atom stereocenters. The Balaban J connectivity index is 2.45. The normalized spacial score (nSPS) is 43.7. The highest BCUT2D eigenvalue weighted by Crippen LogP contribution is 2.28. The third-order valence-electron chi connectivity index (χ3n) is 1.73. The van der Waals surface area contributed by atoms with Gasteiger partial charge in [0.25, 0.3) is 0 Å². The van der Waals surface area contributed by atoms with E-state index in [0.717, 1.165) is 12.8 Å². The fourth-order valence-corrected chi connectivity index (χ4v) is 1.05. The lowest BCUT2D eigenvalue weighted by atomic mass is 10.0. The summed E-state index contributed by atoms with van der Waals surface area (Å²) in [6.07, 6.45) is 1.56. The van der Waals surface area contributed by atoms with Gasteiger partial charge < -0.3 is 9.84 Å². The topological polar surface area (TPSA) is 29.5 Å². The maximum Gasteiger partial charge on any atom is 0.0889 e. The summed E-state index contributed by atoms with van der Waals surface area (Å²) < 4.78 is 5.23. The molecule has 9 heavy (non-hydrogen) atoms. The Morgan fingerprint density at radius 3 is 2.78 bits per heavy atom. The van der Waals surface area contributed by atoms with Crippen LogP contribution in [0.1, 0.15) is 19.8 Å². The zero-order valence-corrected chi connectivity index (χ0v) is 5.63. The second-order valence-corrected chi connectivity index (χ2v) is 2.80. The van der Waals surface area contributed by atoms with Gasteiger partial charge >= 0.3 is 0 Å². The van der Waals surface area contributed by atoms with Crippen molar-refractivity contribution in [3.05, 3.63) is 6.92 Å². The van der Waals surface area contributed by atoms with Crippen molar-refractivity contribution in [3.63, 3.8) is 0 Å². The minimum atomic E-state index is -0.362. The van der Waals surface area contributed by atoms with Crippen molar-refractivity contribution >= 4 is 0 Å². The molecule has 1 heterocycles. The van der Waals surface area contributed by atoms with Crippen LogP contribution < -0.4 is 0 Å². The quantitative estimate of drug-likeness (QED) is 0.561. The van der Waals surface area contributed by atoms with Crippen LogP contribution in [-0.4, -0.2) is 23.4 Å². The summed E-state index contributed by atoms with van der Waals surface area (Å²) in [7, 11) is 0. The molecule has 0 amide bonds. The van der Waals surface area contributed by atoms with Crippen molar-refractivity contribution in [2.24, 2.45) is 0 Å². The molecule has 1 aliphatic heterocycles. The molecule has 1 rings (SSSR count). The second kappa shape index (κ2) is 2.27. The third-order valence-corrected chi connectivity index (χ3v) is 1.73. The highest BCUT2D eigenvalue weighted by atomic mass is 16.5. The lowest BCUT2D eigenvalue weighted by molar-refractivity contribution is -0.0467. The number of aliphatic hydroxyl groups is 1. The Labute approximate surface area is 55.8 Å². The van der Waals surface area contributed by atoms with E-state index in [4.69, 9.17) is 16.8 Å². The van der Waals surface area contributed by atoms with Crippen LogP contribution in [0.2, 0.25) is 0 Å². The summed E-state index contributed by atoms with van der Waals surface area (Å²) in [6, 6.07) is 0. The Morgan fingerprint density at radius 1 is 1.89 bits per heavy atom. The van der Waals surface area contributed by atoms with Gasteiger partial charge in [0.15, 0.2) is 0 Å². The molecule has 2 radical (unpaired) electrons. The smallest absolute Gasteiger partial charge is 0.0889 e. The zero-order chi connectivity index (χ0) is 6.91. The van der Waals surface area contributed by atoms with E-state index in [1.165, 1.54) is 0 Å². The van der Waals surface area contributed by atoms with E-state index in [0.29, 0.717) is 0 Å². The molecule has 0 aromatic carbocycles. The summed E-state index contributed by atoms with van der Waals surface area (Å²) in [4.78, 5) is 0. The molecule has 52 valence electrons. The fraction of sp³-hybridized carbons (Fsp3) is 0.857. The molecule has 0 aliphatic carbocycles. The van der Waals surface area contributed by atoms with E-state index in [-0.39, 0.29) is 18.3 Å². The molecule has 2 nitrogen and oxygen atoms in total. The van der Waals surface area contributed by atoms with Crippen LogP contribution in [0.25, 0.3) is 0 Å². The van der Waals surface area contributed by atoms with Crippen molar-refractivity contribution in [1.82, 2.24) is 0 Å². The SMILES string of the molecule is [CH][C@H]1CC[C@@](C)(CO)O1. The molecule has 1 N–H and O–H groups in total. The van der Waals surface area contributed by atoms with E-state index in [1.54, 1.807) is 0 Å². The summed E-state index contributed by atoms with van der Waals surface area (Å²) >= 11 is 0. The van der Waals surface area contributed by atoms with Crippen LogP contribution in [0.15, 0.2) is 0 Å². The van der Waals surface area contributed by atoms with Gasteiger partial charge in [-0.05, 0) is 26.7 Å². The Hall–Kier alpha value is -0.0800. The molecule has 0 saturated carbocycles. The summed E-state index contributed by atoms with van der Waals surface area (Å²) in [6.45, 7) is 7.40. The monoisotopic (exact) mass is 128 g/mol. The van der Waals surface area contributed by atoms with E-state index < -0.39 is 0 Å². The predicted octanol–water partition coefficient (Wildman–Crippen LogP) is 0.627. The van der Waals surface area contributed by atoms with E-state index in [9.17, 15) is 0 Å². The van der Waals surface area contributed by atoms with Crippen LogP contribution in [0.4, 0.5) is 0 Å². The Morgan fingerprint density at radius 2 is 2.56 bits per heavy atom. The molecule has 0 unspecified atom stereocenters. The molecule has 0 aromatic rings. The first-order chi connectivity index (χ1) is 4.16. The van der Waals surface area contributed by atoms with Gasteiger partial charge in [0.05, 0.1) is 18.3 Å². The van der Waals surface area contributed by atoms with E-state index in [2.05, 4.69) is 0 Å². The Kier molecular flexibility index (Phi) is 1.78. The molecule has 0 spiro atoms. The lowest BCUT2D eigenvalue weighted by Crippen LogP contribution is -2.28. The first-order valence-corrected chi connectivity index (χ1v) is 3.20. The number of hydrogen-bond donors (Lipinski definition) is 1. The molecular formula is C7H12O2. The largest absolute Gasteiger partial charge is 0.393 e. The molecule has 1 aliphatic rings. The van der Waals surface area contributed by atoms with Crippen LogP contribution in [0.5, 0.6) is 0 Å².